The zero-order chi connectivity index (χ0) is 7.61. The van der Waals surface area contributed by atoms with Gasteiger partial charge in [-0.15, -0.1) is 0 Å². The van der Waals surface area contributed by atoms with Crippen molar-refractivity contribution in [3.8, 4) is 0 Å². The van der Waals surface area contributed by atoms with Crippen LogP contribution in [0.25, 0.3) is 0 Å². The molecule has 0 aliphatic carbocycles. The highest BCUT2D eigenvalue weighted by Gasteiger charge is 2.09. The van der Waals surface area contributed by atoms with E-state index in [9.17, 15) is 0 Å². The summed E-state index contributed by atoms with van der Waals surface area (Å²) >= 11 is 0. The Morgan fingerprint density at radius 2 is 2.30 bits per heavy atom. The molecule has 56 valence electrons. The van der Waals surface area contributed by atoms with Gasteiger partial charge in [0.25, 0.3) is 0 Å². The Morgan fingerprint density at radius 1 is 1.60 bits per heavy atom. The van der Waals surface area contributed by atoms with E-state index in [1.165, 1.54) is 0 Å². The molecule has 2 N–H and O–H groups in total. The fraction of sp³-hybridized carbons (Fsp3) is 0.571. The molecule has 0 unspecified atom stereocenters. The van der Waals surface area contributed by atoms with Crippen molar-refractivity contribution in [3.05, 3.63) is 18.7 Å². The van der Waals surface area contributed by atoms with Crippen molar-refractivity contribution in [2.45, 2.75) is 25.9 Å². The first-order valence-electron chi connectivity index (χ1n) is 3.32. The van der Waals surface area contributed by atoms with E-state index in [4.69, 9.17) is 5.73 Å². The maximum atomic E-state index is 5.78. The summed E-state index contributed by atoms with van der Waals surface area (Å²) in [5.74, 6) is 0. The summed E-state index contributed by atoms with van der Waals surface area (Å²) in [5.41, 5.74) is 5.63. The van der Waals surface area contributed by atoms with Gasteiger partial charge in [-0.1, -0.05) is 0 Å². The van der Waals surface area contributed by atoms with Gasteiger partial charge in [-0.25, -0.2) is 4.98 Å². The second-order valence-electron chi connectivity index (χ2n) is 3.22. The van der Waals surface area contributed by atoms with E-state index in [2.05, 4.69) is 4.98 Å². The normalized spacial score (nSPS) is 11.9. The maximum Gasteiger partial charge on any atom is 0.0946 e. The van der Waals surface area contributed by atoms with Gasteiger partial charge in [0, 0.05) is 24.5 Å². The lowest BCUT2D eigenvalue weighted by molar-refractivity contribution is 0.433. The van der Waals surface area contributed by atoms with Crippen LogP contribution >= 0.6 is 0 Å². The van der Waals surface area contributed by atoms with Crippen molar-refractivity contribution in [2.75, 3.05) is 0 Å². The zero-order valence-corrected chi connectivity index (χ0v) is 6.41. The van der Waals surface area contributed by atoms with Crippen molar-refractivity contribution < 1.29 is 0 Å². The number of aromatic nitrogens is 2. The van der Waals surface area contributed by atoms with Gasteiger partial charge >= 0.3 is 0 Å². The highest BCUT2D eigenvalue weighted by Crippen LogP contribution is 2.00. The number of nitrogens with zero attached hydrogens (tertiary/aromatic N) is 2. The van der Waals surface area contributed by atoms with Crippen LogP contribution in [0.3, 0.4) is 0 Å². The first-order valence-corrected chi connectivity index (χ1v) is 3.32. The fourth-order valence-electron chi connectivity index (χ4n) is 0.851. The third kappa shape index (κ3) is 2.19. The third-order valence-corrected chi connectivity index (χ3v) is 1.15. The van der Waals surface area contributed by atoms with Crippen LogP contribution in [0.4, 0.5) is 0 Å². The lowest BCUT2D eigenvalue weighted by Crippen LogP contribution is -2.36. The predicted molar refractivity (Wildman–Crippen MR) is 40.5 cm³/mol. The molecule has 0 fully saturated rings. The van der Waals surface area contributed by atoms with E-state index in [0.717, 1.165) is 6.54 Å². The standard InChI is InChI=1S/C7H13N3/c1-7(2,8)5-10-4-3-9-6-10/h3-4,6H,5,8H2,1-2H3. The lowest BCUT2D eigenvalue weighted by Gasteiger charge is -2.18. The Hall–Kier alpha value is -0.830. The van der Waals surface area contributed by atoms with Crippen molar-refractivity contribution >= 4 is 0 Å². The molecule has 3 nitrogen and oxygen atoms in total. The average molecular weight is 139 g/mol. The van der Waals surface area contributed by atoms with Crippen molar-refractivity contribution in [3.63, 3.8) is 0 Å². The number of nitrogens with two attached hydrogens (primary N) is 1. The van der Waals surface area contributed by atoms with E-state index < -0.39 is 0 Å². The van der Waals surface area contributed by atoms with Gasteiger partial charge in [0.15, 0.2) is 0 Å². The molecule has 1 aromatic heterocycles. The van der Waals surface area contributed by atoms with E-state index in [-0.39, 0.29) is 5.54 Å². The molecule has 0 aromatic carbocycles. The van der Waals surface area contributed by atoms with Gasteiger partial charge < -0.3 is 10.3 Å². The van der Waals surface area contributed by atoms with Gasteiger partial charge in [-0.2, -0.15) is 0 Å². The molecular weight excluding hydrogens is 126 g/mol. The minimum Gasteiger partial charge on any atom is -0.336 e. The molecule has 10 heavy (non-hydrogen) atoms. The number of imidazole rings is 1. The minimum absolute atomic E-state index is 0.152. The first-order chi connectivity index (χ1) is 4.58. The van der Waals surface area contributed by atoms with Crippen LogP contribution in [0.1, 0.15) is 13.8 Å². The Kier molecular flexibility index (Phi) is 1.76. The zero-order valence-electron chi connectivity index (χ0n) is 6.41. The molecule has 0 radical (unpaired) electrons. The molecule has 0 saturated heterocycles. The van der Waals surface area contributed by atoms with Crippen molar-refractivity contribution in [1.82, 2.24) is 9.55 Å². The molecule has 0 bridgehead atoms. The summed E-state index contributed by atoms with van der Waals surface area (Å²) in [6.07, 6.45) is 5.44. The quantitative estimate of drug-likeness (QED) is 0.652. The summed E-state index contributed by atoms with van der Waals surface area (Å²) in [6.45, 7) is 4.80. The van der Waals surface area contributed by atoms with Gasteiger partial charge in [-0.05, 0) is 13.8 Å². The molecular formula is C7H13N3. The van der Waals surface area contributed by atoms with Gasteiger partial charge in [-0.3, -0.25) is 0 Å². The third-order valence-electron chi connectivity index (χ3n) is 1.15. The van der Waals surface area contributed by atoms with Crippen LogP contribution in [-0.2, 0) is 6.54 Å². The fourth-order valence-corrected chi connectivity index (χ4v) is 0.851. The first kappa shape index (κ1) is 7.28. The Labute approximate surface area is 60.9 Å². The molecule has 0 saturated carbocycles. The predicted octanol–water partition coefficient (Wildman–Crippen LogP) is 0.620. The SMILES string of the molecule is CC(C)(N)Cn1ccnc1. The van der Waals surface area contributed by atoms with E-state index in [1.807, 2.05) is 24.6 Å². The molecule has 0 amide bonds. The maximum absolute atomic E-state index is 5.78. The highest BCUT2D eigenvalue weighted by molar-refractivity contribution is 4.80. The number of rotatable bonds is 2. The monoisotopic (exact) mass is 139 g/mol. The molecule has 0 aliphatic rings. The summed E-state index contributed by atoms with van der Waals surface area (Å²) in [7, 11) is 0. The van der Waals surface area contributed by atoms with E-state index in [0.29, 0.717) is 0 Å². The minimum atomic E-state index is -0.152. The van der Waals surface area contributed by atoms with Crippen LogP contribution in [0.15, 0.2) is 18.7 Å². The smallest absolute Gasteiger partial charge is 0.0946 e. The second-order valence-corrected chi connectivity index (χ2v) is 3.22. The largest absolute Gasteiger partial charge is 0.336 e. The van der Waals surface area contributed by atoms with Gasteiger partial charge in [0.05, 0.1) is 6.33 Å². The average Bonchev–Trinajstić information content (AvgIpc) is 2.12. The molecule has 1 heterocycles. The molecule has 0 spiro atoms. The van der Waals surface area contributed by atoms with E-state index >= 15 is 0 Å². The van der Waals surface area contributed by atoms with E-state index in [1.54, 1.807) is 12.5 Å². The molecule has 1 aromatic rings. The van der Waals surface area contributed by atoms with Crippen LogP contribution in [0, 0.1) is 0 Å². The summed E-state index contributed by atoms with van der Waals surface area (Å²) in [5, 5.41) is 0. The Balaban J connectivity index is 2.57. The molecule has 0 atom stereocenters. The number of hydrogen-bond donors (Lipinski definition) is 1. The Bertz CT molecular complexity index is 183. The Morgan fingerprint density at radius 3 is 2.70 bits per heavy atom. The summed E-state index contributed by atoms with van der Waals surface area (Å²) in [6, 6.07) is 0. The van der Waals surface area contributed by atoms with Gasteiger partial charge in [0.2, 0.25) is 0 Å². The summed E-state index contributed by atoms with van der Waals surface area (Å²) < 4.78 is 1.97. The van der Waals surface area contributed by atoms with Crippen LogP contribution in [0.2, 0.25) is 0 Å². The van der Waals surface area contributed by atoms with Gasteiger partial charge in [0.1, 0.15) is 0 Å². The van der Waals surface area contributed by atoms with Crippen LogP contribution in [0.5, 0.6) is 0 Å². The van der Waals surface area contributed by atoms with Crippen molar-refractivity contribution in [1.29, 1.82) is 0 Å². The topological polar surface area (TPSA) is 43.8 Å². The number of hydrogen-bond acceptors (Lipinski definition) is 2. The molecule has 1 rings (SSSR count). The van der Waals surface area contributed by atoms with Crippen molar-refractivity contribution in [2.24, 2.45) is 5.73 Å². The lowest BCUT2D eigenvalue weighted by atomic mass is 10.1. The van der Waals surface area contributed by atoms with Crippen LogP contribution < -0.4 is 5.73 Å². The highest BCUT2D eigenvalue weighted by atomic mass is 15.0. The summed E-state index contributed by atoms with van der Waals surface area (Å²) in [4.78, 5) is 3.91. The van der Waals surface area contributed by atoms with Crippen LogP contribution in [-0.4, -0.2) is 15.1 Å². The molecule has 3 heteroatoms. The second kappa shape index (κ2) is 2.42. The molecule has 0 aliphatic heterocycles.